The van der Waals surface area contributed by atoms with Crippen LogP contribution in [0.3, 0.4) is 0 Å². The molecule has 24 heavy (non-hydrogen) atoms. The van der Waals surface area contributed by atoms with Gasteiger partial charge in [-0.3, -0.25) is 14.5 Å². The minimum atomic E-state index is -3.61. The van der Waals surface area contributed by atoms with Crippen LogP contribution in [-0.2, 0) is 25.7 Å². The predicted molar refractivity (Wildman–Crippen MR) is 90.0 cm³/mol. The van der Waals surface area contributed by atoms with Gasteiger partial charge in [0.2, 0.25) is 0 Å². The van der Waals surface area contributed by atoms with Crippen LogP contribution in [0.15, 0.2) is 42.2 Å². The fourth-order valence-corrected chi connectivity index (χ4v) is 3.01. The molecule has 134 valence electrons. The number of benzene rings is 1. The molecule has 1 aromatic carbocycles. The van der Waals surface area contributed by atoms with Gasteiger partial charge in [-0.05, 0) is 12.5 Å². The van der Waals surface area contributed by atoms with Gasteiger partial charge in [0.25, 0.3) is 10.1 Å². The van der Waals surface area contributed by atoms with Crippen LogP contribution < -0.4 is 5.48 Å². The Morgan fingerprint density at radius 3 is 2.62 bits per heavy atom. The molecular weight excluding hydrogens is 332 g/mol. The van der Waals surface area contributed by atoms with E-state index in [2.05, 4.69) is 5.48 Å². The lowest BCUT2D eigenvalue weighted by molar-refractivity contribution is 0.0272. The molecule has 0 radical (unpaired) electrons. The van der Waals surface area contributed by atoms with Crippen LogP contribution in [0.4, 0.5) is 0 Å². The average molecular weight is 356 g/mol. The van der Waals surface area contributed by atoms with Gasteiger partial charge in [-0.1, -0.05) is 30.3 Å². The van der Waals surface area contributed by atoms with Crippen LogP contribution in [0.1, 0.15) is 12.5 Å². The summed E-state index contributed by atoms with van der Waals surface area (Å²) in [5.74, 6) is 0. The Kier molecular flexibility index (Phi) is 6.22. The zero-order chi connectivity index (χ0) is 17.6. The largest absolute Gasteiger partial charge is 0.395 e. The molecule has 1 unspecified atom stereocenters. The molecule has 0 bridgehead atoms. The Morgan fingerprint density at radius 2 is 2.04 bits per heavy atom. The number of hydrogen-bond donors (Lipinski definition) is 2. The van der Waals surface area contributed by atoms with Crippen LogP contribution in [0, 0.1) is 5.41 Å². The van der Waals surface area contributed by atoms with E-state index in [1.807, 2.05) is 48.4 Å². The molecule has 2 rings (SSSR count). The highest BCUT2D eigenvalue weighted by molar-refractivity contribution is 7.85. The molecule has 0 aromatic heterocycles. The number of nitrogens with one attached hydrogen (secondary N) is 1. The van der Waals surface area contributed by atoms with Crippen molar-refractivity contribution in [2.75, 3.05) is 32.6 Å². The van der Waals surface area contributed by atoms with E-state index in [-0.39, 0.29) is 13.2 Å². The van der Waals surface area contributed by atoms with Crippen molar-refractivity contribution in [3.8, 4) is 0 Å². The topological polar surface area (TPSA) is 88.1 Å². The first-order valence-corrected chi connectivity index (χ1v) is 9.53. The highest BCUT2D eigenvalue weighted by Gasteiger charge is 2.42. The third-order valence-corrected chi connectivity index (χ3v) is 4.34. The van der Waals surface area contributed by atoms with Crippen LogP contribution in [0.5, 0.6) is 0 Å². The molecule has 1 aliphatic heterocycles. The summed E-state index contributed by atoms with van der Waals surface area (Å²) in [4.78, 5) is 7.24. The highest BCUT2D eigenvalue weighted by atomic mass is 32.2. The van der Waals surface area contributed by atoms with Gasteiger partial charge >= 0.3 is 0 Å². The second-order valence-corrected chi connectivity index (χ2v) is 7.52. The number of aliphatic hydroxyl groups is 1. The average Bonchev–Trinajstić information content (AvgIpc) is 2.89. The summed E-state index contributed by atoms with van der Waals surface area (Å²) in [6.07, 6.45) is 2.83. The standard InChI is InChI=1S/C16H24N2O5S/c1-3-22-17-15-10-18(9-14-7-5-4-6-8-14)11-16(15,12-19)13-23-24(2,20)21/h4-8,10,17,19H,3,9,11-13H2,1-2H3. The lowest BCUT2D eigenvalue weighted by Gasteiger charge is -2.30. The molecule has 2 N–H and O–H groups in total. The summed E-state index contributed by atoms with van der Waals surface area (Å²) in [6, 6.07) is 9.88. The number of nitrogens with zero attached hydrogens (tertiary/aromatic N) is 1. The second kappa shape index (κ2) is 7.98. The molecule has 0 amide bonds. The van der Waals surface area contributed by atoms with Gasteiger partial charge < -0.3 is 10.0 Å². The predicted octanol–water partition coefficient (Wildman–Crippen LogP) is 0.840. The van der Waals surface area contributed by atoms with Gasteiger partial charge in [0.1, 0.15) is 0 Å². The van der Waals surface area contributed by atoms with E-state index in [1.165, 1.54) is 0 Å². The van der Waals surface area contributed by atoms with Gasteiger partial charge in [0.15, 0.2) is 0 Å². The van der Waals surface area contributed by atoms with Crippen LogP contribution >= 0.6 is 0 Å². The summed E-state index contributed by atoms with van der Waals surface area (Å²) >= 11 is 0. The van der Waals surface area contributed by atoms with E-state index in [4.69, 9.17) is 9.02 Å². The number of rotatable bonds is 9. The third kappa shape index (κ3) is 4.94. The van der Waals surface area contributed by atoms with Crippen molar-refractivity contribution in [3.05, 3.63) is 47.8 Å². The summed E-state index contributed by atoms with van der Waals surface area (Å²) in [6.45, 7) is 2.91. The first-order valence-electron chi connectivity index (χ1n) is 7.72. The molecule has 8 heteroatoms. The Bertz CT molecular complexity index is 662. The smallest absolute Gasteiger partial charge is 0.264 e. The van der Waals surface area contributed by atoms with E-state index >= 15 is 0 Å². The summed E-state index contributed by atoms with van der Waals surface area (Å²) in [5.41, 5.74) is 3.64. The maximum atomic E-state index is 11.4. The maximum absolute atomic E-state index is 11.4. The Morgan fingerprint density at radius 1 is 1.33 bits per heavy atom. The zero-order valence-corrected chi connectivity index (χ0v) is 14.8. The maximum Gasteiger partial charge on any atom is 0.264 e. The molecule has 1 aromatic rings. The molecule has 1 heterocycles. The first-order chi connectivity index (χ1) is 11.4. The van der Waals surface area contributed by atoms with Gasteiger partial charge in [-0.15, -0.1) is 0 Å². The lowest BCUT2D eigenvalue weighted by atomic mass is 9.88. The first kappa shape index (κ1) is 18.7. The molecule has 0 spiro atoms. The summed E-state index contributed by atoms with van der Waals surface area (Å²) in [5, 5.41) is 9.93. The van der Waals surface area contributed by atoms with Crippen LogP contribution in [-0.4, -0.2) is 51.0 Å². The lowest BCUT2D eigenvalue weighted by Crippen LogP contribution is -2.42. The fraction of sp³-hybridized carbons (Fsp3) is 0.500. The Hall–Kier alpha value is -1.61. The van der Waals surface area contributed by atoms with E-state index in [1.54, 1.807) is 0 Å². The molecule has 1 atom stereocenters. The highest BCUT2D eigenvalue weighted by Crippen LogP contribution is 2.34. The van der Waals surface area contributed by atoms with E-state index in [9.17, 15) is 13.5 Å². The summed E-state index contributed by atoms with van der Waals surface area (Å²) < 4.78 is 27.7. The van der Waals surface area contributed by atoms with Crippen molar-refractivity contribution in [3.63, 3.8) is 0 Å². The molecule has 7 nitrogen and oxygen atoms in total. The summed E-state index contributed by atoms with van der Waals surface area (Å²) in [7, 11) is -3.61. The van der Waals surface area contributed by atoms with Crippen molar-refractivity contribution in [2.45, 2.75) is 13.5 Å². The quantitative estimate of drug-likeness (QED) is 0.501. The van der Waals surface area contributed by atoms with Crippen molar-refractivity contribution in [2.24, 2.45) is 5.41 Å². The minimum Gasteiger partial charge on any atom is -0.395 e. The van der Waals surface area contributed by atoms with Crippen LogP contribution in [0.2, 0.25) is 0 Å². The number of hydrogen-bond acceptors (Lipinski definition) is 7. The van der Waals surface area contributed by atoms with Gasteiger partial charge in [-0.2, -0.15) is 8.42 Å². The Balaban J connectivity index is 2.17. The Labute approximate surface area is 143 Å². The minimum absolute atomic E-state index is 0.153. The zero-order valence-electron chi connectivity index (χ0n) is 13.9. The third-order valence-electron chi connectivity index (χ3n) is 3.80. The van der Waals surface area contributed by atoms with Gasteiger partial charge in [-0.25, -0.2) is 0 Å². The van der Waals surface area contributed by atoms with Crippen LogP contribution in [0.25, 0.3) is 0 Å². The van der Waals surface area contributed by atoms with Crippen molar-refractivity contribution >= 4 is 10.1 Å². The number of hydroxylamine groups is 1. The monoisotopic (exact) mass is 356 g/mol. The second-order valence-electron chi connectivity index (χ2n) is 5.87. The molecule has 0 saturated carbocycles. The molecule has 0 aliphatic carbocycles. The van der Waals surface area contributed by atoms with Crippen molar-refractivity contribution in [1.29, 1.82) is 0 Å². The molecule has 0 saturated heterocycles. The van der Waals surface area contributed by atoms with Gasteiger partial charge in [0, 0.05) is 19.3 Å². The molecule has 1 aliphatic rings. The van der Waals surface area contributed by atoms with E-state index < -0.39 is 15.5 Å². The SMILES string of the molecule is CCONC1=CN(Cc2ccccc2)CC1(CO)COS(C)(=O)=O. The fourth-order valence-electron chi connectivity index (χ4n) is 2.57. The number of aliphatic hydroxyl groups excluding tert-OH is 1. The van der Waals surface area contributed by atoms with Crippen molar-refractivity contribution in [1.82, 2.24) is 10.4 Å². The molecular formula is C16H24N2O5S. The van der Waals surface area contributed by atoms with E-state index in [0.29, 0.717) is 25.4 Å². The van der Waals surface area contributed by atoms with Gasteiger partial charge in [0.05, 0.1) is 37.2 Å². The normalized spacial score (nSPS) is 21.0. The van der Waals surface area contributed by atoms with E-state index in [0.717, 1.165) is 11.8 Å². The van der Waals surface area contributed by atoms with Crippen molar-refractivity contribution < 1.29 is 22.5 Å². The molecule has 0 fully saturated rings.